The molecule has 10 nitrogen and oxygen atoms in total. The summed E-state index contributed by atoms with van der Waals surface area (Å²) in [4.78, 5) is 42.6. The second-order valence-corrected chi connectivity index (χ2v) is 8.98. The van der Waals surface area contributed by atoms with Crippen LogP contribution in [0.1, 0.15) is 23.3 Å². The number of aromatic nitrogens is 2. The van der Waals surface area contributed by atoms with Crippen molar-refractivity contribution in [2.24, 2.45) is 0 Å². The lowest BCUT2D eigenvalue weighted by molar-refractivity contribution is -0.131. The first-order valence-corrected chi connectivity index (χ1v) is 12.7. The minimum Gasteiger partial charge on any atom is -0.495 e. The molecule has 2 aliphatic rings. The fourth-order valence-electron chi connectivity index (χ4n) is 4.67. The molecule has 3 heterocycles. The zero-order valence-electron chi connectivity index (χ0n) is 21.1. The Bertz CT molecular complexity index is 977. The average molecular weight is 497 g/mol. The highest BCUT2D eigenvalue weighted by molar-refractivity contribution is 5.92. The van der Waals surface area contributed by atoms with Crippen LogP contribution in [0, 0.1) is 0 Å². The van der Waals surface area contributed by atoms with Gasteiger partial charge < -0.3 is 24.2 Å². The van der Waals surface area contributed by atoms with Crippen molar-refractivity contribution in [3.05, 3.63) is 48.5 Å². The first-order valence-electron chi connectivity index (χ1n) is 12.7. The fraction of sp³-hybridized carbons (Fsp3) is 0.538. The number of hydrogen-bond acceptors (Lipinski definition) is 8. The van der Waals surface area contributed by atoms with Gasteiger partial charge in [0.15, 0.2) is 0 Å². The highest BCUT2D eigenvalue weighted by atomic mass is 16.5. The van der Waals surface area contributed by atoms with Crippen molar-refractivity contribution in [3.63, 3.8) is 0 Å². The van der Waals surface area contributed by atoms with E-state index in [9.17, 15) is 9.59 Å². The van der Waals surface area contributed by atoms with Crippen LogP contribution < -0.4 is 9.64 Å². The second kappa shape index (κ2) is 13.2. The molecule has 2 fully saturated rings. The van der Waals surface area contributed by atoms with Gasteiger partial charge in [-0.25, -0.2) is 4.98 Å². The summed E-state index contributed by atoms with van der Waals surface area (Å²) in [5.41, 5.74) is 1.36. The van der Waals surface area contributed by atoms with Crippen LogP contribution in [-0.2, 0) is 9.53 Å². The number of amides is 2. The van der Waals surface area contributed by atoms with Gasteiger partial charge in [0.2, 0.25) is 5.91 Å². The molecule has 0 aliphatic carbocycles. The van der Waals surface area contributed by atoms with Crippen LogP contribution >= 0.6 is 0 Å². The van der Waals surface area contributed by atoms with Crippen LogP contribution in [0.15, 0.2) is 42.9 Å². The number of rotatable bonds is 10. The summed E-state index contributed by atoms with van der Waals surface area (Å²) in [6.07, 6.45) is 5.67. The van der Waals surface area contributed by atoms with Crippen molar-refractivity contribution in [2.45, 2.75) is 12.8 Å². The van der Waals surface area contributed by atoms with E-state index < -0.39 is 0 Å². The largest absolute Gasteiger partial charge is 0.495 e. The maximum atomic E-state index is 13.1. The molecule has 0 spiro atoms. The average Bonchev–Trinajstić information content (AvgIpc) is 2.95. The number of para-hydroxylation sites is 2. The molecule has 2 aromatic rings. The van der Waals surface area contributed by atoms with E-state index in [0.717, 1.165) is 63.8 Å². The maximum Gasteiger partial charge on any atom is 0.274 e. The van der Waals surface area contributed by atoms with Crippen molar-refractivity contribution < 1.29 is 19.1 Å². The van der Waals surface area contributed by atoms with Crippen LogP contribution in [0.3, 0.4) is 0 Å². The summed E-state index contributed by atoms with van der Waals surface area (Å²) in [7, 11) is 1.67. The molecule has 0 saturated carbocycles. The molecular weight excluding hydrogens is 460 g/mol. The summed E-state index contributed by atoms with van der Waals surface area (Å²) >= 11 is 0. The molecule has 0 bridgehead atoms. The highest BCUT2D eigenvalue weighted by Gasteiger charge is 2.25. The first-order chi connectivity index (χ1) is 17.7. The minimum absolute atomic E-state index is 0.0693. The Morgan fingerprint density at radius 2 is 1.81 bits per heavy atom. The molecule has 1 aromatic heterocycles. The smallest absolute Gasteiger partial charge is 0.274 e. The zero-order chi connectivity index (χ0) is 25.2. The van der Waals surface area contributed by atoms with Crippen LogP contribution in [0.25, 0.3) is 0 Å². The number of methoxy groups -OCH3 is 1. The van der Waals surface area contributed by atoms with Crippen molar-refractivity contribution in [3.8, 4) is 5.75 Å². The molecule has 2 amide bonds. The molecule has 194 valence electrons. The predicted molar refractivity (Wildman–Crippen MR) is 136 cm³/mol. The van der Waals surface area contributed by atoms with Gasteiger partial charge in [-0.1, -0.05) is 12.1 Å². The van der Waals surface area contributed by atoms with E-state index in [1.165, 1.54) is 12.4 Å². The molecule has 0 radical (unpaired) electrons. The molecule has 2 saturated heterocycles. The Kier molecular flexibility index (Phi) is 9.46. The SMILES string of the molecule is COc1ccccc1N1CCN(C(=O)CCN(CCCN2CCOCC2)C(=O)c2cnccn2)CC1. The standard InChI is InChI=1S/C26H36N6O4/c1-35-24-6-3-2-5-23(24)30-13-15-31(16-14-30)25(33)7-12-32(26(34)22-21-27-8-9-28-22)11-4-10-29-17-19-36-20-18-29/h2-3,5-6,8-9,21H,4,7,10-20H2,1H3. The maximum absolute atomic E-state index is 13.1. The van der Waals surface area contributed by atoms with Crippen molar-refractivity contribution in [1.29, 1.82) is 0 Å². The van der Waals surface area contributed by atoms with E-state index in [1.807, 2.05) is 29.2 Å². The van der Waals surface area contributed by atoms with E-state index in [-0.39, 0.29) is 18.2 Å². The normalized spacial score (nSPS) is 16.6. The van der Waals surface area contributed by atoms with Gasteiger partial charge in [0.25, 0.3) is 5.91 Å². The van der Waals surface area contributed by atoms with Gasteiger partial charge in [0, 0.05) is 77.7 Å². The van der Waals surface area contributed by atoms with E-state index in [2.05, 4.69) is 19.8 Å². The molecule has 10 heteroatoms. The number of morpholine rings is 1. The molecule has 4 rings (SSSR count). The second-order valence-electron chi connectivity index (χ2n) is 8.98. The number of hydrogen-bond donors (Lipinski definition) is 0. The molecular formula is C26H36N6O4. The number of anilines is 1. The first kappa shape index (κ1) is 25.8. The lowest BCUT2D eigenvalue weighted by atomic mass is 10.2. The number of nitrogens with zero attached hydrogens (tertiary/aromatic N) is 6. The summed E-state index contributed by atoms with van der Waals surface area (Å²) in [6, 6.07) is 7.95. The minimum atomic E-state index is -0.182. The molecule has 1 aromatic carbocycles. The van der Waals surface area contributed by atoms with E-state index in [0.29, 0.717) is 31.9 Å². The van der Waals surface area contributed by atoms with Gasteiger partial charge in [-0.15, -0.1) is 0 Å². The number of carbonyl (C=O) groups excluding carboxylic acids is 2. The third kappa shape index (κ3) is 6.92. The van der Waals surface area contributed by atoms with Crippen molar-refractivity contribution >= 4 is 17.5 Å². The Hall–Kier alpha value is -3.24. The van der Waals surface area contributed by atoms with E-state index >= 15 is 0 Å². The van der Waals surface area contributed by atoms with E-state index in [1.54, 1.807) is 18.2 Å². The molecule has 2 aliphatic heterocycles. The molecule has 0 N–H and O–H groups in total. The Balaban J connectivity index is 1.29. The van der Waals surface area contributed by atoms with Crippen LogP contribution in [0.2, 0.25) is 0 Å². The van der Waals surface area contributed by atoms with Gasteiger partial charge in [-0.2, -0.15) is 0 Å². The number of piperazine rings is 1. The lowest BCUT2D eigenvalue weighted by Gasteiger charge is -2.37. The highest BCUT2D eigenvalue weighted by Crippen LogP contribution is 2.28. The van der Waals surface area contributed by atoms with Crippen molar-refractivity contribution in [1.82, 2.24) is 24.7 Å². The Morgan fingerprint density at radius 3 is 2.53 bits per heavy atom. The topological polar surface area (TPSA) is 91.3 Å². The van der Waals surface area contributed by atoms with Crippen LogP contribution in [0.4, 0.5) is 5.69 Å². The van der Waals surface area contributed by atoms with Crippen LogP contribution in [-0.4, -0.2) is 116 Å². The van der Waals surface area contributed by atoms with Gasteiger partial charge in [0.05, 0.1) is 32.2 Å². The van der Waals surface area contributed by atoms with Gasteiger partial charge in [0.1, 0.15) is 11.4 Å². The Labute approximate surface area is 212 Å². The van der Waals surface area contributed by atoms with E-state index in [4.69, 9.17) is 9.47 Å². The number of benzene rings is 1. The number of carbonyl (C=O) groups is 2. The molecule has 0 unspecified atom stereocenters. The molecule has 0 atom stereocenters. The van der Waals surface area contributed by atoms with Gasteiger partial charge in [-0.05, 0) is 18.6 Å². The quantitative estimate of drug-likeness (QED) is 0.488. The van der Waals surface area contributed by atoms with Crippen molar-refractivity contribution in [2.75, 3.05) is 84.1 Å². The third-order valence-corrected chi connectivity index (χ3v) is 6.73. The van der Waals surface area contributed by atoms with Crippen LogP contribution in [0.5, 0.6) is 5.75 Å². The summed E-state index contributed by atoms with van der Waals surface area (Å²) in [5.74, 6) is 0.728. The summed E-state index contributed by atoms with van der Waals surface area (Å²) < 4.78 is 10.9. The fourth-order valence-corrected chi connectivity index (χ4v) is 4.67. The third-order valence-electron chi connectivity index (χ3n) is 6.73. The molecule has 36 heavy (non-hydrogen) atoms. The lowest BCUT2D eigenvalue weighted by Crippen LogP contribution is -2.49. The predicted octanol–water partition coefficient (Wildman–Crippen LogP) is 1.39. The van der Waals surface area contributed by atoms with Gasteiger partial charge in [-0.3, -0.25) is 19.5 Å². The Morgan fingerprint density at radius 1 is 1.03 bits per heavy atom. The monoisotopic (exact) mass is 496 g/mol. The summed E-state index contributed by atoms with van der Waals surface area (Å²) in [5, 5.41) is 0. The van der Waals surface area contributed by atoms with Gasteiger partial charge >= 0.3 is 0 Å². The zero-order valence-corrected chi connectivity index (χ0v) is 21.1. The summed E-state index contributed by atoms with van der Waals surface area (Å²) in [6.45, 7) is 7.94. The number of ether oxygens (including phenoxy) is 2.